The van der Waals surface area contributed by atoms with Crippen molar-refractivity contribution in [1.82, 2.24) is 9.97 Å². The van der Waals surface area contributed by atoms with E-state index in [0.717, 1.165) is 24.7 Å². The first-order valence-corrected chi connectivity index (χ1v) is 5.58. The zero-order valence-electron chi connectivity index (χ0n) is 9.76. The number of morpholine rings is 1. The van der Waals surface area contributed by atoms with Crippen molar-refractivity contribution >= 4 is 5.95 Å². The second-order valence-corrected chi connectivity index (χ2v) is 4.21. The molecule has 0 amide bonds. The Balaban J connectivity index is 2.09. The Labute approximate surface area is 95.6 Å². The van der Waals surface area contributed by atoms with E-state index in [9.17, 15) is 0 Å². The van der Waals surface area contributed by atoms with Gasteiger partial charge in [0.1, 0.15) is 0 Å². The molecule has 1 aliphatic rings. The minimum absolute atomic E-state index is 0.0348. The second kappa shape index (κ2) is 4.76. The summed E-state index contributed by atoms with van der Waals surface area (Å²) < 4.78 is 5.60. The molecule has 5 nitrogen and oxygen atoms in total. The van der Waals surface area contributed by atoms with Crippen LogP contribution in [0.5, 0.6) is 0 Å². The van der Waals surface area contributed by atoms with E-state index in [1.165, 1.54) is 0 Å². The number of aryl methyl sites for hydroxylation is 1. The molecule has 2 heterocycles. The first kappa shape index (κ1) is 11.3. The van der Waals surface area contributed by atoms with Crippen molar-refractivity contribution in [3.05, 3.63) is 18.0 Å². The lowest BCUT2D eigenvalue weighted by atomic mass is 10.1. The molecular formula is C11H18N4O. The van der Waals surface area contributed by atoms with E-state index in [1.54, 1.807) is 6.20 Å². The fraction of sp³-hybridized carbons (Fsp3) is 0.636. The highest BCUT2D eigenvalue weighted by Crippen LogP contribution is 2.14. The van der Waals surface area contributed by atoms with Crippen LogP contribution >= 0.6 is 0 Å². The number of nitrogens with two attached hydrogens (primary N) is 1. The first-order chi connectivity index (χ1) is 7.66. The van der Waals surface area contributed by atoms with Crippen molar-refractivity contribution in [2.24, 2.45) is 5.73 Å². The molecule has 2 atom stereocenters. The molecule has 16 heavy (non-hydrogen) atoms. The van der Waals surface area contributed by atoms with Crippen LogP contribution in [-0.2, 0) is 4.74 Å². The van der Waals surface area contributed by atoms with Gasteiger partial charge in [-0.25, -0.2) is 9.97 Å². The molecule has 2 N–H and O–H groups in total. The van der Waals surface area contributed by atoms with Crippen LogP contribution in [0.3, 0.4) is 0 Å². The molecule has 1 aromatic rings. The van der Waals surface area contributed by atoms with Crippen LogP contribution in [0.25, 0.3) is 0 Å². The number of anilines is 1. The Morgan fingerprint density at radius 2 is 2.44 bits per heavy atom. The van der Waals surface area contributed by atoms with Crippen LogP contribution in [0.1, 0.15) is 12.6 Å². The third-order valence-corrected chi connectivity index (χ3v) is 2.74. The maximum atomic E-state index is 5.84. The fourth-order valence-electron chi connectivity index (χ4n) is 1.76. The Morgan fingerprint density at radius 1 is 1.62 bits per heavy atom. The molecule has 1 saturated heterocycles. The minimum Gasteiger partial charge on any atom is -0.373 e. The summed E-state index contributed by atoms with van der Waals surface area (Å²) in [7, 11) is 0. The Morgan fingerprint density at radius 3 is 3.12 bits per heavy atom. The summed E-state index contributed by atoms with van der Waals surface area (Å²) >= 11 is 0. The molecule has 0 spiro atoms. The van der Waals surface area contributed by atoms with E-state index in [1.807, 2.05) is 19.9 Å². The smallest absolute Gasteiger partial charge is 0.225 e. The molecule has 1 aliphatic heterocycles. The maximum absolute atomic E-state index is 5.84. The topological polar surface area (TPSA) is 64.3 Å². The zero-order chi connectivity index (χ0) is 11.5. The standard InChI is InChI=1S/C11H18N4O/c1-8-3-4-13-11(14-8)15-5-6-16-10(7-15)9(2)12/h3-4,9-10H,5-7,12H2,1-2H3. The van der Waals surface area contributed by atoms with E-state index < -0.39 is 0 Å². The van der Waals surface area contributed by atoms with Crippen molar-refractivity contribution in [1.29, 1.82) is 0 Å². The van der Waals surface area contributed by atoms with Crippen LogP contribution in [0, 0.1) is 6.92 Å². The molecule has 88 valence electrons. The van der Waals surface area contributed by atoms with Gasteiger partial charge in [0.15, 0.2) is 0 Å². The van der Waals surface area contributed by atoms with Gasteiger partial charge >= 0.3 is 0 Å². The van der Waals surface area contributed by atoms with Gasteiger partial charge in [0.05, 0.1) is 12.7 Å². The summed E-state index contributed by atoms with van der Waals surface area (Å²) in [4.78, 5) is 10.8. The lowest BCUT2D eigenvalue weighted by molar-refractivity contribution is 0.0270. The Kier molecular flexibility index (Phi) is 3.36. The molecule has 2 rings (SSSR count). The number of hydrogen-bond acceptors (Lipinski definition) is 5. The highest BCUT2D eigenvalue weighted by atomic mass is 16.5. The normalized spacial score (nSPS) is 23.2. The number of ether oxygens (including phenoxy) is 1. The average molecular weight is 222 g/mol. The van der Waals surface area contributed by atoms with Gasteiger partial charge in [-0.3, -0.25) is 0 Å². The van der Waals surface area contributed by atoms with Gasteiger partial charge in [-0.15, -0.1) is 0 Å². The second-order valence-electron chi connectivity index (χ2n) is 4.21. The van der Waals surface area contributed by atoms with E-state index in [0.29, 0.717) is 6.61 Å². The third-order valence-electron chi connectivity index (χ3n) is 2.74. The van der Waals surface area contributed by atoms with Crippen LogP contribution in [0.4, 0.5) is 5.95 Å². The molecule has 0 aliphatic carbocycles. The van der Waals surface area contributed by atoms with E-state index in [4.69, 9.17) is 10.5 Å². The molecule has 0 aromatic carbocycles. The van der Waals surface area contributed by atoms with Gasteiger partial charge < -0.3 is 15.4 Å². The Bertz CT molecular complexity index is 356. The zero-order valence-corrected chi connectivity index (χ0v) is 9.76. The highest BCUT2D eigenvalue weighted by molar-refractivity contribution is 5.31. The predicted octanol–water partition coefficient (Wildman–Crippen LogP) is 0.337. The quantitative estimate of drug-likeness (QED) is 0.781. The summed E-state index contributed by atoms with van der Waals surface area (Å²) in [6, 6.07) is 1.93. The van der Waals surface area contributed by atoms with E-state index in [-0.39, 0.29) is 12.1 Å². The largest absolute Gasteiger partial charge is 0.373 e. The van der Waals surface area contributed by atoms with Crippen LogP contribution in [0.2, 0.25) is 0 Å². The predicted molar refractivity (Wildman–Crippen MR) is 62.4 cm³/mol. The lowest BCUT2D eigenvalue weighted by Crippen LogP contribution is -2.50. The van der Waals surface area contributed by atoms with Gasteiger partial charge in [-0.05, 0) is 19.9 Å². The summed E-state index contributed by atoms with van der Waals surface area (Å²) in [5.74, 6) is 0.772. The molecule has 0 bridgehead atoms. The van der Waals surface area contributed by atoms with Crippen LogP contribution < -0.4 is 10.6 Å². The SMILES string of the molecule is Cc1ccnc(N2CCOC(C(C)N)C2)n1. The van der Waals surface area contributed by atoms with Gasteiger partial charge in [0.25, 0.3) is 0 Å². The van der Waals surface area contributed by atoms with Crippen molar-refractivity contribution in [3.8, 4) is 0 Å². The Hall–Kier alpha value is -1.20. The summed E-state index contributed by atoms with van der Waals surface area (Å²) in [5, 5.41) is 0. The summed E-state index contributed by atoms with van der Waals surface area (Å²) in [6.45, 7) is 6.21. The molecular weight excluding hydrogens is 204 g/mol. The van der Waals surface area contributed by atoms with Crippen molar-refractivity contribution in [2.45, 2.75) is 26.0 Å². The van der Waals surface area contributed by atoms with Crippen LogP contribution in [0.15, 0.2) is 12.3 Å². The molecule has 1 aromatic heterocycles. The molecule has 0 saturated carbocycles. The fourth-order valence-corrected chi connectivity index (χ4v) is 1.76. The average Bonchev–Trinajstić information content (AvgIpc) is 2.29. The maximum Gasteiger partial charge on any atom is 0.225 e. The molecule has 2 unspecified atom stereocenters. The van der Waals surface area contributed by atoms with Gasteiger partial charge in [0.2, 0.25) is 5.95 Å². The number of aromatic nitrogens is 2. The third kappa shape index (κ3) is 2.48. The van der Waals surface area contributed by atoms with Crippen molar-refractivity contribution < 1.29 is 4.74 Å². The number of hydrogen-bond donors (Lipinski definition) is 1. The van der Waals surface area contributed by atoms with Gasteiger partial charge in [0, 0.05) is 31.0 Å². The van der Waals surface area contributed by atoms with Gasteiger partial charge in [-0.2, -0.15) is 0 Å². The summed E-state index contributed by atoms with van der Waals surface area (Å²) in [6.07, 6.45) is 1.85. The molecule has 5 heteroatoms. The highest BCUT2D eigenvalue weighted by Gasteiger charge is 2.24. The number of nitrogens with zero attached hydrogens (tertiary/aromatic N) is 3. The van der Waals surface area contributed by atoms with E-state index in [2.05, 4.69) is 14.9 Å². The van der Waals surface area contributed by atoms with Crippen molar-refractivity contribution in [3.63, 3.8) is 0 Å². The van der Waals surface area contributed by atoms with E-state index >= 15 is 0 Å². The van der Waals surface area contributed by atoms with Crippen molar-refractivity contribution in [2.75, 3.05) is 24.6 Å². The monoisotopic (exact) mass is 222 g/mol. The van der Waals surface area contributed by atoms with Crippen LogP contribution in [-0.4, -0.2) is 41.8 Å². The summed E-state index contributed by atoms with van der Waals surface area (Å²) in [5.41, 5.74) is 6.83. The molecule has 1 fully saturated rings. The lowest BCUT2D eigenvalue weighted by Gasteiger charge is -2.34. The minimum atomic E-state index is 0.0348. The van der Waals surface area contributed by atoms with Gasteiger partial charge in [-0.1, -0.05) is 0 Å². The molecule has 0 radical (unpaired) electrons. The number of rotatable bonds is 2. The first-order valence-electron chi connectivity index (χ1n) is 5.58.